The summed E-state index contributed by atoms with van der Waals surface area (Å²) >= 11 is 0. The van der Waals surface area contributed by atoms with E-state index in [0.29, 0.717) is 29.6 Å². The lowest BCUT2D eigenvalue weighted by Crippen LogP contribution is -2.15. The summed E-state index contributed by atoms with van der Waals surface area (Å²) < 4.78 is 10.4. The van der Waals surface area contributed by atoms with Crippen LogP contribution in [0.4, 0.5) is 0 Å². The number of carbonyl (C=O) groups is 2. The number of carbonyl (C=O) groups excluding carboxylic acids is 2. The number of hydrogen-bond acceptors (Lipinski definition) is 5. The average molecular weight is 418 g/mol. The zero-order valence-corrected chi connectivity index (χ0v) is 17.6. The van der Waals surface area contributed by atoms with E-state index in [0.717, 1.165) is 38.5 Å². The zero-order valence-electron chi connectivity index (χ0n) is 17.6. The Morgan fingerprint density at radius 3 is 2.45 bits per heavy atom. The number of nitrogens with zero attached hydrogens (tertiary/aromatic N) is 1. The Balaban J connectivity index is 1.47. The minimum absolute atomic E-state index is 0.275. The summed E-state index contributed by atoms with van der Waals surface area (Å²) in [6.07, 6.45) is 7.73. The molecule has 0 saturated heterocycles. The molecule has 1 aliphatic carbocycles. The predicted octanol–water partition coefficient (Wildman–Crippen LogP) is 5.56. The van der Waals surface area contributed by atoms with Crippen LogP contribution < -0.4 is 4.74 Å². The van der Waals surface area contributed by atoms with Gasteiger partial charge in [-0.05, 0) is 80.2 Å². The number of hydrogen-bond donors (Lipinski definition) is 0. The summed E-state index contributed by atoms with van der Waals surface area (Å²) in [5, 5.41) is 9.13. The van der Waals surface area contributed by atoms with Gasteiger partial charge in [-0.3, -0.25) is 0 Å². The molecule has 2 aromatic carbocycles. The van der Waals surface area contributed by atoms with Gasteiger partial charge in [0.15, 0.2) is 0 Å². The summed E-state index contributed by atoms with van der Waals surface area (Å²) in [6, 6.07) is 16.3. The number of ether oxygens (including phenoxy) is 2. The fourth-order valence-electron chi connectivity index (χ4n) is 4.09. The van der Waals surface area contributed by atoms with E-state index >= 15 is 0 Å². The Labute approximate surface area is 183 Å². The molecule has 0 unspecified atom stereocenters. The van der Waals surface area contributed by atoms with Crippen LogP contribution in [0.2, 0.25) is 0 Å². The molecule has 3 rings (SSSR count). The van der Waals surface area contributed by atoms with Gasteiger partial charge in [0, 0.05) is 6.08 Å². The maximum Gasteiger partial charge on any atom is 0.343 e. The highest BCUT2D eigenvalue weighted by atomic mass is 16.5. The highest BCUT2D eigenvalue weighted by Crippen LogP contribution is 2.37. The molecule has 2 aromatic rings. The van der Waals surface area contributed by atoms with Crippen molar-refractivity contribution in [2.75, 3.05) is 6.61 Å². The van der Waals surface area contributed by atoms with Crippen LogP contribution in [-0.4, -0.2) is 18.5 Å². The van der Waals surface area contributed by atoms with Gasteiger partial charge in [0.2, 0.25) is 0 Å². The lowest BCUT2D eigenvalue weighted by atomic mass is 9.77. The van der Waals surface area contributed by atoms with E-state index in [1.807, 2.05) is 18.2 Å². The first-order valence-corrected chi connectivity index (χ1v) is 10.7. The maximum absolute atomic E-state index is 12.4. The van der Waals surface area contributed by atoms with Crippen LogP contribution in [-0.2, 0) is 9.53 Å². The van der Waals surface area contributed by atoms with E-state index in [9.17, 15) is 9.59 Å². The lowest BCUT2D eigenvalue weighted by molar-refractivity contribution is -0.137. The Morgan fingerprint density at radius 2 is 1.77 bits per heavy atom. The molecule has 0 aromatic heterocycles. The third-order valence-corrected chi connectivity index (χ3v) is 5.84. The van der Waals surface area contributed by atoms with E-state index in [4.69, 9.17) is 14.7 Å². The summed E-state index contributed by atoms with van der Waals surface area (Å²) in [7, 11) is 0. The number of benzene rings is 2. The van der Waals surface area contributed by atoms with E-state index in [-0.39, 0.29) is 11.7 Å². The van der Waals surface area contributed by atoms with Gasteiger partial charge in [-0.2, -0.15) is 5.26 Å². The molecule has 0 atom stereocenters. The van der Waals surface area contributed by atoms with Crippen molar-refractivity contribution in [3.05, 3.63) is 77.9 Å². The Hall–Kier alpha value is -3.39. The quantitative estimate of drug-likeness (QED) is 0.243. The highest BCUT2D eigenvalue weighted by molar-refractivity contribution is 5.91. The molecule has 0 N–H and O–H groups in total. The second kappa shape index (κ2) is 11.1. The molecule has 0 spiro atoms. The van der Waals surface area contributed by atoms with Crippen LogP contribution >= 0.6 is 0 Å². The fraction of sp³-hybridized carbons (Fsp3) is 0.346. The number of esters is 2. The van der Waals surface area contributed by atoms with Crippen LogP contribution in [0.15, 0.2) is 61.2 Å². The SMILES string of the molecule is C=CC(=O)OCCCC1CCC(c2ccc(C(=O)Oc3ccccc3C#N)cc2)CC1. The van der Waals surface area contributed by atoms with Crippen LogP contribution in [0.3, 0.4) is 0 Å². The van der Waals surface area contributed by atoms with E-state index in [1.54, 1.807) is 36.4 Å². The minimum atomic E-state index is -0.463. The highest BCUT2D eigenvalue weighted by Gasteiger charge is 2.22. The van der Waals surface area contributed by atoms with Gasteiger partial charge in [-0.15, -0.1) is 0 Å². The third-order valence-electron chi connectivity index (χ3n) is 5.84. The zero-order chi connectivity index (χ0) is 22.1. The molecule has 0 bridgehead atoms. The monoisotopic (exact) mass is 417 g/mol. The van der Waals surface area contributed by atoms with E-state index in [1.165, 1.54) is 11.6 Å². The predicted molar refractivity (Wildman–Crippen MR) is 118 cm³/mol. The van der Waals surface area contributed by atoms with Gasteiger partial charge in [0.1, 0.15) is 11.8 Å². The number of para-hydroxylation sites is 1. The van der Waals surface area contributed by atoms with Crippen LogP contribution in [0, 0.1) is 17.2 Å². The van der Waals surface area contributed by atoms with Crippen molar-refractivity contribution >= 4 is 11.9 Å². The van der Waals surface area contributed by atoms with Crippen LogP contribution in [0.1, 0.15) is 65.9 Å². The van der Waals surface area contributed by atoms with Crippen molar-refractivity contribution in [3.8, 4) is 11.8 Å². The van der Waals surface area contributed by atoms with Crippen molar-refractivity contribution in [1.82, 2.24) is 0 Å². The normalized spacial score (nSPS) is 17.9. The number of rotatable bonds is 8. The van der Waals surface area contributed by atoms with E-state index in [2.05, 4.69) is 6.58 Å². The van der Waals surface area contributed by atoms with Crippen molar-refractivity contribution in [3.63, 3.8) is 0 Å². The van der Waals surface area contributed by atoms with Gasteiger partial charge in [0.05, 0.1) is 17.7 Å². The van der Waals surface area contributed by atoms with Crippen molar-refractivity contribution in [2.45, 2.75) is 44.4 Å². The molecule has 1 saturated carbocycles. The lowest BCUT2D eigenvalue weighted by Gasteiger charge is -2.29. The molecular weight excluding hydrogens is 390 g/mol. The largest absolute Gasteiger partial charge is 0.463 e. The van der Waals surface area contributed by atoms with Crippen molar-refractivity contribution < 1.29 is 19.1 Å². The standard InChI is InChI=1S/C26H27NO4/c1-2-25(28)30-17-5-6-19-9-11-20(12-10-19)21-13-15-22(16-14-21)26(29)31-24-8-4-3-7-23(24)18-27/h2-4,7-8,13-16,19-20H,1,5-6,9-12,17H2. The minimum Gasteiger partial charge on any atom is -0.463 e. The maximum atomic E-state index is 12.4. The first kappa shape index (κ1) is 22.3. The molecule has 31 heavy (non-hydrogen) atoms. The summed E-state index contributed by atoms with van der Waals surface area (Å²) in [6.45, 7) is 3.85. The van der Waals surface area contributed by atoms with Crippen molar-refractivity contribution in [1.29, 1.82) is 5.26 Å². The molecule has 0 heterocycles. The Kier molecular flexibility index (Phi) is 8.00. The number of nitriles is 1. The Morgan fingerprint density at radius 1 is 1.06 bits per heavy atom. The molecule has 0 aliphatic heterocycles. The molecule has 1 aliphatic rings. The summed E-state index contributed by atoms with van der Waals surface area (Å²) in [5.74, 6) is 0.629. The summed E-state index contributed by atoms with van der Waals surface area (Å²) in [5.41, 5.74) is 2.05. The first-order valence-electron chi connectivity index (χ1n) is 10.7. The third kappa shape index (κ3) is 6.29. The van der Waals surface area contributed by atoms with Gasteiger partial charge >= 0.3 is 11.9 Å². The second-order valence-corrected chi connectivity index (χ2v) is 7.85. The van der Waals surface area contributed by atoms with E-state index < -0.39 is 5.97 Å². The summed E-state index contributed by atoms with van der Waals surface area (Å²) in [4.78, 5) is 23.5. The van der Waals surface area contributed by atoms with Gasteiger partial charge in [-0.25, -0.2) is 9.59 Å². The molecule has 1 fully saturated rings. The molecule has 0 radical (unpaired) electrons. The van der Waals surface area contributed by atoms with Crippen LogP contribution in [0.5, 0.6) is 5.75 Å². The second-order valence-electron chi connectivity index (χ2n) is 7.85. The Bertz CT molecular complexity index is 950. The molecule has 5 nitrogen and oxygen atoms in total. The van der Waals surface area contributed by atoms with Crippen molar-refractivity contribution in [2.24, 2.45) is 5.92 Å². The molecule has 160 valence electrons. The molecule has 5 heteroatoms. The topological polar surface area (TPSA) is 76.4 Å². The fourth-order valence-corrected chi connectivity index (χ4v) is 4.09. The van der Waals surface area contributed by atoms with Gasteiger partial charge in [0.25, 0.3) is 0 Å². The van der Waals surface area contributed by atoms with Crippen LogP contribution in [0.25, 0.3) is 0 Å². The smallest absolute Gasteiger partial charge is 0.343 e. The average Bonchev–Trinajstić information content (AvgIpc) is 2.82. The van der Waals surface area contributed by atoms with Gasteiger partial charge in [-0.1, -0.05) is 30.8 Å². The molecule has 0 amide bonds. The van der Waals surface area contributed by atoms with Gasteiger partial charge < -0.3 is 9.47 Å². The molecular formula is C26H27NO4. The first-order chi connectivity index (χ1) is 15.1.